The van der Waals surface area contributed by atoms with Crippen LogP contribution in [0.25, 0.3) is 0 Å². The maximum absolute atomic E-state index is 5.57. The zero-order valence-electron chi connectivity index (χ0n) is 9.29. The monoisotopic (exact) mass is 196 g/mol. The van der Waals surface area contributed by atoms with Gasteiger partial charge in [-0.1, -0.05) is 6.92 Å². The van der Waals surface area contributed by atoms with Crippen LogP contribution in [0.1, 0.15) is 18.4 Å². The van der Waals surface area contributed by atoms with Crippen molar-refractivity contribution in [2.75, 3.05) is 20.1 Å². The Morgan fingerprint density at radius 1 is 1.50 bits per heavy atom. The standard InChI is InChI=1S/C11H20N2O/c1-9(6-12)7-13(3)8-11-5-4-10(2)14-11/h4-5,9H,6-8,12H2,1-3H3. The van der Waals surface area contributed by atoms with Crippen molar-refractivity contribution >= 4 is 0 Å². The quantitative estimate of drug-likeness (QED) is 0.778. The molecule has 1 unspecified atom stereocenters. The number of hydrogen-bond acceptors (Lipinski definition) is 3. The Morgan fingerprint density at radius 2 is 2.21 bits per heavy atom. The van der Waals surface area contributed by atoms with Crippen LogP contribution < -0.4 is 5.73 Å². The number of furan rings is 1. The van der Waals surface area contributed by atoms with Crippen LogP contribution in [-0.2, 0) is 6.54 Å². The van der Waals surface area contributed by atoms with Crippen molar-refractivity contribution in [3.05, 3.63) is 23.7 Å². The lowest BCUT2D eigenvalue weighted by Crippen LogP contribution is -2.27. The summed E-state index contributed by atoms with van der Waals surface area (Å²) in [7, 11) is 2.09. The van der Waals surface area contributed by atoms with E-state index < -0.39 is 0 Å². The molecular weight excluding hydrogens is 176 g/mol. The van der Waals surface area contributed by atoms with Gasteiger partial charge < -0.3 is 10.2 Å². The van der Waals surface area contributed by atoms with E-state index in [4.69, 9.17) is 10.2 Å². The predicted octanol–water partition coefficient (Wildman–Crippen LogP) is 1.61. The second-order valence-electron chi connectivity index (χ2n) is 4.05. The lowest BCUT2D eigenvalue weighted by Gasteiger charge is -2.18. The largest absolute Gasteiger partial charge is 0.465 e. The molecule has 1 rings (SSSR count). The van der Waals surface area contributed by atoms with Crippen LogP contribution in [-0.4, -0.2) is 25.0 Å². The Hall–Kier alpha value is -0.800. The molecule has 0 bridgehead atoms. The Kier molecular flexibility index (Phi) is 4.17. The highest BCUT2D eigenvalue weighted by Gasteiger charge is 2.07. The molecule has 0 saturated heterocycles. The lowest BCUT2D eigenvalue weighted by atomic mass is 10.2. The van der Waals surface area contributed by atoms with Crippen molar-refractivity contribution in [3.63, 3.8) is 0 Å². The minimum Gasteiger partial charge on any atom is -0.465 e. The second-order valence-corrected chi connectivity index (χ2v) is 4.05. The molecule has 0 aromatic carbocycles. The second kappa shape index (κ2) is 5.17. The van der Waals surface area contributed by atoms with Gasteiger partial charge in [-0.3, -0.25) is 4.90 Å². The molecule has 1 atom stereocenters. The number of rotatable bonds is 5. The van der Waals surface area contributed by atoms with E-state index >= 15 is 0 Å². The molecule has 2 N–H and O–H groups in total. The van der Waals surface area contributed by atoms with Gasteiger partial charge in [0.2, 0.25) is 0 Å². The van der Waals surface area contributed by atoms with Crippen LogP contribution >= 0.6 is 0 Å². The summed E-state index contributed by atoms with van der Waals surface area (Å²) in [6.45, 7) is 6.73. The van der Waals surface area contributed by atoms with Crippen LogP contribution in [0.4, 0.5) is 0 Å². The van der Waals surface area contributed by atoms with E-state index in [0.717, 1.165) is 31.2 Å². The van der Waals surface area contributed by atoms with Crippen LogP contribution in [0.15, 0.2) is 16.5 Å². The zero-order chi connectivity index (χ0) is 10.6. The summed E-state index contributed by atoms with van der Waals surface area (Å²) in [5.74, 6) is 2.53. The van der Waals surface area contributed by atoms with E-state index in [1.165, 1.54) is 0 Å². The van der Waals surface area contributed by atoms with Crippen LogP contribution in [0.2, 0.25) is 0 Å². The Labute approximate surface area is 85.9 Å². The molecule has 0 radical (unpaired) electrons. The van der Waals surface area contributed by atoms with Gasteiger partial charge in [0.25, 0.3) is 0 Å². The third-order valence-corrected chi connectivity index (χ3v) is 2.25. The van der Waals surface area contributed by atoms with Gasteiger partial charge in [-0.25, -0.2) is 0 Å². The molecular formula is C11H20N2O. The van der Waals surface area contributed by atoms with Crippen LogP contribution in [0.5, 0.6) is 0 Å². The Bertz CT molecular complexity index is 270. The summed E-state index contributed by atoms with van der Waals surface area (Å²) in [5, 5.41) is 0. The third-order valence-electron chi connectivity index (χ3n) is 2.25. The fourth-order valence-corrected chi connectivity index (χ4v) is 1.51. The first-order valence-electron chi connectivity index (χ1n) is 5.05. The average molecular weight is 196 g/mol. The summed E-state index contributed by atoms with van der Waals surface area (Å²) in [6.07, 6.45) is 0. The number of aryl methyl sites for hydroxylation is 1. The smallest absolute Gasteiger partial charge is 0.118 e. The Morgan fingerprint density at radius 3 is 2.71 bits per heavy atom. The first kappa shape index (κ1) is 11.3. The fraction of sp³-hybridized carbons (Fsp3) is 0.636. The first-order chi connectivity index (χ1) is 6.61. The average Bonchev–Trinajstić information content (AvgIpc) is 2.50. The van der Waals surface area contributed by atoms with Gasteiger partial charge in [-0.05, 0) is 38.6 Å². The zero-order valence-corrected chi connectivity index (χ0v) is 9.29. The van der Waals surface area contributed by atoms with Gasteiger partial charge in [0.1, 0.15) is 11.5 Å². The predicted molar refractivity (Wildman–Crippen MR) is 58.0 cm³/mol. The summed E-state index contributed by atoms with van der Waals surface area (Å²) in [6, 6.07) is 4.02. The maximum Gasteiger partial charge on any atom is 0.118 e. The molecule has 0 aliphatic carbocycles. The van der Waals surface area contributed by atoms with Gasteiger partial charge in [-0.2, -0.15) is 0 Å². The lowest BCUT2D eigenvalue weighted by molar-refractivity contribution is 0.258. The van der Waals surface area contributed by atoms with E-state index in [9.17, 15) is 0 Å². The van der Waals surface area contributed by atoms with Gasteiger partial charge in [0, 0.05) is 6.54 Å². The van der Waals surface area contributed by atoms with Crippen LogP contribution in [0, 0.1) is 12.8 Å². The molecule has 0 amide bonds. The van der Waals surface area contributed by atoms with Gasteiger partial charge in [0.05, 0.1) is 6.54 Å². The third kappa shape index (κ3) is 3.52. The highest BCUT2D eigenvalue weighted by molar-refractivity contribution is 5.05. The summed E-state index contributed by atoms with van der Waals surface area (Å²) in [4.78, 5) is 2.23. The number of nitrogens with zero attached hydrogens (tertiary/aromatic N) is 1. The molecule has 0 aliphatic heterocycles. The molecule has 80 valence electrons. The molecule has 1 aromatic rings. The van der Waals surface area contributed by atoms with Crippen molar-refractivity contribution < 1.29 is 4.42 Å². The van der Waals surface area contributed by atoms with Crippen molar-refractivity contribution in [3.8, 4) is 0 Å². The van der Waals surface area contributed by atoms with E-state index in [1.807, 2.05) is 19.1 Å². The van der Waals surface area contributed by atoms with Crippen molar-refractivity contribution in [1.82, 2.24) is 4.90 Å². The van der Waals surface area contributed by atoms with Crippen molar-refractivity contribution in [2.45, 2.75) is 20.4 Å². The Balaban J connectivity index is 2.37. The molecule has 0 saturated carbocycles. The van der Waals surface area contributed by atoms with E-state index in [1.54, 1.807) is 0 Å². The summed E-state index contributed by atoms with van der Waals surface area (Å²) < 4.78 is 5.50. The van der Waals surface area contributed by atoms with E-state index in [2.05, 4.69) is 18.9 Å². The van der Waals surface area contributed by atoms with Crippen molar-refractivity contribution in [1.29, 1.82) is 0 Å². The minimum absolute atomic E-state index is 0.538. The molecule has 14 heavy (non-hydrogen) atoms. The highest BCUT2D eigenvalue weighted by Crippen LogP contribution is 2.09. The van der Waals surface area contributed by atoms with Gasteiger partial charge in [-0.15, -0.1) is 0 Å². The van der Waals surface area contributed by atoms with Gasteiger partial charge in [0.15, 0.2) is 0 Å². The molecule has 0 aliphatic rings. The minimum atomic E-state index is 0.538. The normalized spacial score (nSPS) is 13.5. The highest BCUT2D eigenvalue weighted by atomic mass is 16.3. The van der Waals surface area contributed by atoms with E-state index in [-0.39, 0.29) is 0 Å². The van der Waals surface area contributed by atoms with Crippen LogP contribution in [0.3, 0.4) is 0 Å². The number of nitrogens with two attached hydrogens (primary N) is 1. The SMILES string of the molecule is Cc1ccc(CN(C)CC(C)CN)o1. The summed E-state index contributed by atoms with van der Waals surface area (Å²) >= 11 is 0. The van der Waals surface area contributed by atoms with Crippen molar-refractivity contribution in [2.24, 2.45) is 11.7 Å². The summed E-state index contributed by atoms with van der Waals surface area (Å²) in [5.41, 5.74) is 5.57. The van der Waals surface area contributed by atoms with E-state index in [0.29, 0.717) is 5.92 Å². The molecule has 0 spiro atoms. The maximum atomic E-state index is 5.57. The fourth-order valence-electron chi connectivity index (χ4n) is 1.51. The molecule has 0 fully saturated rings. The molecule has 1 aromatic heterocycles. The molecule has 1 heterocycles. The number of hydrogen-bond donors (Lipinski definition) is 1. The molecule has 3 nitrogen and oxygen atoms in total. The topological polar surface area (TPSA) is 42.4 Å². The van der Waals surface area contributed by atoms with Gasteiger partial charge >= 0.3 is 0 Å². The molecule has 3 heteroatoms. The first-order valence-corrected chi connectivity index (χ1v) is 5.05.